The molecule has 1 aromatic heterocycles. The van der Waals surface area contributed by atoms with Crippen LogP contribution >= 0.6 is 34.5 Å². The number of aryl methyl sites for hydroxylation is 1. The molecule has 0 aliphatic heterocycles. The summed E-state index contributed by atoms with van der Waals surface area (Å²) in [6.07, 6.45) is 0. The predicted octanol–water partition coefficient (Wildman–Crippen LogP) is 4.42. The molecule has 0 unspecified atom stereocenters. The van der Waals surface area contributed by atoms with Gasteiger partial charge in [-0.2, -0.15) is 0 Å². The third-order valence-electron chi connectivity index (χ3n) is 2.19. The van der Waals surface area contributed by atoms with Crippen LogP contribution < -0.4 is 4.74 Å². The van der Waals surface area contributed by atoms with E-state index in [0.29, 0.717) is 23.3 Å². The van der Waals surface area contributed by atoms with E-state index in [2.05, 4.69) is 4.98 Å². The van der Waals surface area contributed by atoms with Crippen molar-refractivity contribution in [1.82, 2.24) is 4.98 Å². The van der Waals surface area contributed by atoms with E-state index < -0.39 is 0 Å². The molecule has 0 N–H and O–H groups in total. The van der Waals surface area contributed by atoms with Crippen molar-refractivity contribution in [2.75, 3.05) is 0 Å². The normalized spacial score (nSPS) is 10.5. The van der Waals surface area contributed by atoms with E-state index in [4.69, 9.17) is 27.9 Å². The first-order valence-corrected chi connectivity index (χ1v) is 6.86. The minimum atomic E-state index is 0.435. The van der Waals surface area contributed by atoms with Crippen LogP contribution in [0.2, 0.25) is 5.02 Å². The molecule has 0 amide bonds. The molecule has 0 spiro atoms. The van der Waals surface area contributed by atoms with Crippen molar-refractivity contribution in [2.45, 2.75) is 19.4 Å². The number of rotatable bonds is 4. The van der Waals surface area contributed by atoms with Gasteiger partial charge in [-0.15, -0.1) is 22.9 Å². The van der Waals surface area contributed by atoms with Gasteiger partial charge in [-0.25, -0.2) is 4.98 Å². The average Bonchev–Trinajstić information content (AvgIpc) is 2.73. The van der Waals surface area contributed by atoms with Crippen molar-refractivity contribution in [2.24, 2.45) is 0 Å². The van der Waals surface area contributed by atoms with Gasteiger partial charge < -0.3 is 4.74 Å². The smallest absolute Gasteiger partial charge is 0.138 e. The maximum atomic E-state index is 6.08. The first-order chi connectivity index (χ1) is 8.19. The highest BCUT2D eigenvalue weighted by molar-refractivity contribution is 7.09. The van der Waals surface area contributed by atoms with Crippen molar-refractivity contribution in [1.29, 1.82) is 0 Å². The Morgan fingerprint density at radius 3 is 2.82 bits per heavy atom. The second kappa shape index (κ2) is 5.71. The van der Waals surface area contributed by atoms with Gasteiger partial charge in [0.1, 0.15) is 12.4 Å². The zero-order valence-electron chi connectivity index (χ0n) is 9.24. The lowest BCUT2D eigenvalue weighted by Gasteiger charge is -2.07. The lowest BCUT2D eigenvalue weighted by atomic mass is 10.2. The number of hydrogen-bond acceptors (Lipinski definition) is 3. The molecular formula is C12H11Cl2NOS. The van der Waals surface area contributed by atoms with Gasteiger partial charge in [0.05, 0.1) is 15.7 Å². The van der Waals surface area contributed by atoms with Crippen LogP contribution in [-0.2, 0) is 12.5 Å². The van der Waals surface area contributed by atoms with Gasteiger partial charge in [-0.1, -0.05) is 17.7 Å². The Labute approximate surface area is 114 Å². The average molecular weight is 288 g/mol. The summed E-state index contributed by atoms with van der Waals surface area (Å²) in [6.45, 7) is 2.40. The zero-order valence-corrected chi connectivity index (χ0v) is 11.6. The molecule has 0 bridgehead atoms. The van der Waals surface area contributed by atoms with Crippen LogP contribution in [-0.4, -0.2) is 4.98 Å². The minimum Gasteiger partial charge on any atom is -0.486 e. The number of hydrogen-bond donors (Lipinski definition) is 0. The molecule has 2 nitrogen and oxygen atoms in total. The molecule has 1 heterocycles. The molecule has 1 aromatic carbocycles. The first-order valence-electron chi connectivity index (χ1n) is 5.07. The molecule has 90 valence electrons. The van der Waals surface area contributed by atoms with Crippen LogP contribution in [0.5, 0.6) is 5.75 Å². The summed E-state index contributed by atoms with van der Waals surface area (Å²) in [4.78, 5) is 4.32. The molecule has 0 aliphatic rings. The highest BCUT2D eigenvalue weighted by Gasteiger charge is 2.04. The zero-order chi connectivity index (χ0) is 12.3. The van der Waals surface area contributed by atoms with Crippen LogP contribution in [0, 0.1) is 6.92 Å². The van der Waals surface area contributed by atoms with Gasteiger partial charge in [0, 0.05) is 11.3 Å². The van der Waals surface area contributed by atoms with E-state index in [0.717, 1.165) is 16.3 Å². The third-order valence-corrected chi connectivity index (χ3v) is 3.62. The first kappa shape index (κ1) is 12.7. The number of alkyl halides is 1. The molecule has 2 rings (SSSR count). The quantitative estimate of drug-likeness (QED) is 0.777. The fourth-order valence-electron chi connectivity index (χ4n) is 1.37. The monoisotopic (exact) mass is 287 g/mol. The Morgan fingerprint density at radius 2 is 2.24 bits per heavy atom. The number of benzene rings is 1. The summed E-state index contributed by atoms with van der Waals surface area (Å²) in [5.74, 6) is 1.11. The Kier molecular flexibility index (Phi) is 4.26. The fourth-order valence-corrected chi connectivity index (χ4v) is 2.39. The number of ether oxygens (including phenoxy) is 1. The van der Waals surface area contributed by atoms with Crippen LogP contribution in [0.3, 0.4) is 0 Å². The summed E-state index contributed by atoms with van der Waals surface area (Å²) in [6, 6.07) is 5.55. The van der Waals surface area contributed by atoms with Crippen LogP contribution in [0.25, 0.3) is 0 Å². The summed E-state index contributed by atoms with van der Waals surface area (Å²) in [5, 5.41) is 3.60. The van der Waals surface area contributed by atoms with E-state index in [1.165, 1.54) is 0 Å². The Morgan fingerprint density at radius 1 is 1.41 bits per heavy atom. The van der Waals surface area contributed by atoms with Gasteiger partial charge in [-0.3, -0.25) is 0 Å². The topological polar surface area (TPSA) is 22.1 Å². The molecule has 0 aliphatic carbocycles. The predicted molar refractivity (Wildman–Crippen MR) is 72.2 cm³/mol. The number of thiazole rings is 1. The highest BCUT2D eigenvalue weighted by atomic mass is 35.5. The summed E-state index contributed by atoms with van der Waals surface area (Å²) in [5.41, 5.74) is 1.90. The van der Waals surface area contributed by atoms with E-state index in [9.17, 15) is 0 Å². The summed E-state index contributed by atoms with van der Waals surface area (Å²) in [7, 11) is 0. The second-order valence-electron chi connectivity index (χ2n) is 3.54. The molecule has 0 saturated heterocycles. The molecule has 5 heteroatoms. The minimum absolute atomic E-state index is 0.435. The van der Waals surface area contributed by atoms with Crippen molar-refractivity contribution in [3.63, 3.8) is 0 Å². The van der Waals surface area contributed by atoms with Crippen molar-refractivity contribution in [3.05, 3.63) is 44.9 Å². The largest absolute Gasteiger partial charge is 0.486 e. The molecular weight excluding hydrogens is 277 g/mol. The summed E-state index contributed by atoms with van der Waals surface area (Å²) >= 11 is 13.4. The van der Waals surface area contributed by atoms with Crippen molar-refractivity contribution < 1.29 is 4.74 Å². The van der Waals surface area contributed by atoms with Gasteiger partial charge in [-0.05, 0) is 24.6 Å². The van der Waals surface area contributed by atoms with Gasteiger partial charge >= 0.3 is 0 Å². The molecule has 0 radical (unpaired) electrons. The summed E-state index contributed by atoms with van der Waals surface area (Å²) < 4.78 is 5.60. The van der Waals surface area contributed by atoms with Crippen molar-refractivity contribution >= 4 is 34.5 Å². The van der Waals surface area contributed by atoms with Crippen molar-refractivity contribution in [3.8, 4) is 5.75 Å². The van der Waals surface area contributed by atoms with E-state index >= 15 is 0 Å². The second-order valence-corrected chi connectivity index (χ2v) is 5.28. The van der Waals surface area contributed by atoms with Crippen LogP contribution in [0.4, 0.5) is 0 Å². The van der Waals surface area contributed by atoms with E-state index in [1.807, 2.05) is 30.5 Å². The highest BCUT2D eigenvalue weighted by Crippen LogP contribution is 2.27. The maximum absolute atomic E-state index is 6.08. The molecule has 0 saturated carbocycles. The Balaban J connectivity index is 2.04. The van der Waals surface area contributed by atoms with Crippen LogP contribution in [0.15, 0.2) is 23.6 Å². The standard InChI is InChI=1S/C12H11Cl2NOS/c1-8-15-10(7-17-8)6-16-12-3-2-9(5-13)4-11(12)14/h2-4,7H,5-6H2,1H3. The van der Waals surface area contributed by atoms with Gasteiger partial charge in [0.2, 0.25) is 0 Å². The Hall–Kier alpha value is -0.770. The molecule has 0 atom stereocenters. The number of aromatic nitrogens is 1. The molecule has 0 fully saturated rings. The lowest BCUT2D eigenvalue weighted by molar-refractivity contribution is 0.302. The van der Waals surface area contributed by atoms with Gasteiger partial charge in [0.25, 0.3) is 0 Å². The van der Waals surface area contributed by atoms with Gasteiger partial charge in [0.15, 0.2) is 0 Å². The molecule has 17 heavy (non-hydrogen) atoms. The van der Waals surface area contributed by atoms with E-state index in [1.54, 1.807) is 11.3 Å². The molecule has 2 aromatic rings. The SMILES string of the molecule is Cc1nc(COc2ccc(CCl)cc2Cl)cs1. The number of halogens is 2. The Bertz CT molecular complexity index is 513. The van der Waals surface area contributed by atoms with E-state index in [-0.39, 0.29) is 0 Å². The lowest BCUT2D eigenvalue weighted by Crippen LogP contribution is -1.96. The maximum Gasteiger partial charge on any atom is 0.138 e. The van der Waals surface area contributed by atoms with Crippen LogP contribution in [0.1, 0.15) is 16.3 Å². The fraction of sp³-hybridized carbons (Fsp3) is 0.250. The third kappa shape index (κ3) is 3.35. The number of nitrogens with zero attached hydrogens (tertiary/aromatic N) is 1.